The van der Waals surface area contributed by atoms with Crippen LogP contribution in [0.1, 0.15) is 22.3 Å². The Kier molecular flexibility index (Phi) is 5.04. The van der Waals surface area contributed by atoms with Crippen molar-refractivity contribution in [3.63, 3.8) is 0 Å². The van der Waals surface area contributed by atoms with Crippen LogP contribution in [0.15, 0.2) is 162 Å². The maximum absolute atomic E-state index is 6.96. The van der Waals surface area contributed by atoms with Crippen molar-refractivity contribution in [2.45, 2.75) is 5.41 Å². The Labute approximate surface area is 276 Å². The number of benzene rings is 7. The summed E-state index contributed by atoms with van der Waals surface area (Å²) >= 11 is 0. The minimum absolute atomic E-state index is 0.471. The molecule has 0 N–H and O–H groups in total. The first-order chi connectivity index (χ1) is 23.8. The van der Waals surface area contributed by atoms with Gasteiger partial charge in [-0.3, -0.25) is 0 Å². The minimum atomic E-state index is -0.471. The molecular formula is C45H26N2O. The lowest BCUT2D eigenvalue weighted by Gasteiger charge is -2.30. The fraction of sp³-hybridized carbons (Fsp3) is 0.0222. The lowest BCUT2D eigenvalue weighted by Crippen LogP contribution is -2.26. The summed E-state index contributed by atoms with van der Waals surface area (Å²) < 4.78 is 6.96. The molecule has 0 fully saturated rings. The predicted molar refractivity (Wildman–Crippen MR) is 194 cm³/mol. The van der Waals surface area contributed by atoms with Gasteiger partial charge in [0.15, 0.2) is 5.82 Å². The van der Waals surface area contributed by atoms with Crippen LogP contribution in [0, 0.1) is 0 Å². The van der Waals surface area contributed by atoms with Gasteiger partial charge in [-0.25, -0.2) is 9.97 Å². The molecule has 9 aromatic rings. The zero-order valence-corrected chi connectivity index (χ0v) is 25.8. The highest BCUT2D eigenvalue weighted by molar-refractivity contribution is 6.12. The van der Waals surface area contributed by atoms with Crippen LogP contribution < -0.4 is 0 Å². The van der Waals surface area contributed by atoms with Crippen molar-refractivity contribution in [2.24, 2.45) is 0 Å². The molecule has 2 aliphatic rings. The third-order valence-electron chi connectivity index (χ3n) is 10.5. The summed E-state index contributed by atoms with van der Waals surface area (Å²) in [6, 6.07) is 56.2. The highest BCUT2D eigenvalue weighted by atomic mass is 16.3. The number of rotatable bonds is 2. The van der Waals surface area contributed by atoms with Crippen LogP contribution in [0.2, 0.25) is 0 Å². The molecule has 2 aliphatic carbocycles. The molecule has 0 amide bonds. The molecule has 7 aromatic carbocycles. The summed E-state index contributed by atoms with van der Waals surface area (Å²) in [6.45, 7) is 0. The highest BCUT2D eigenvalue weighted by Gasteiger charge is 2.53. The fourth-order valence-electron chi connectivity index (χ4n) is 8.57. The van der Waals surface area contributed by atoms with Gasteiger partial charge < -0.3 is 4.42 Å². The van der Waals surface area contributed by atoms with Gasteiger partial charge >= 0.3 is 0 Å². The molecular weight excluding hydrogens is 585 g/mol. The van der Waals surface area contributed by atoms with Gasteiger partial charge in [-0.1, -0.05) is 127 Å². The van der Waals surface area contributed by atoms with Crippen LogP contribution in [0.5, 0.6) is 0 Å². The van der Waals surface area contributed by atoms with E-state index in [9.17, 15) is 0 Å². The van der Waals surface area contributed by atoms with E-state index in [-0.39, 0.29) is 0 Å². The number of fused-ring (bicyclic) bond motifs is 15. The molecule has 0 aliphatic heterocycles. The average molecular weight is 611 g/mol. The quantitative estimate of drug-likeness (QED) is 0.195. The van der Waals surface area contributed by atoms with Gasteiger partial charge in [0.2, 0.25) is 0 Å². The number of hydrogen-bond donors (Lipinski definition) is 0. The first-order valence-electron chi connectivity index (χ1n) is 16.4. The highest BCUT2D eigenvalue weighted by Crippen LogP contribution is 2.64. The average Bonchev–Trinajstić information content (AvgIpc) is 3.78. The summed E-state index contributed by atoms with van der Waals surface area (Å²) in [5, 5.41) is 3.21. The molecule has 222 valence electrons. The topological polar surface area (TPSA) is 38.9 Å². The van der Waals surface area contributed by atoms with Crippen LogP contribution in [-0.4, -0.2) is 9.97 Å². The van der Waals surface area contributed by atoms with E-state index in [4.69, 9.17) is 14.4 Å². The molecule has 1 spiro atoms. The van der Waals surface area contributed by atoms with Crippen molar-refractivity contribution in [1.82, 2.24) is 9.97 Å². The van der Waals surface area contributed by atoms with Crippen molar-refractivity contribution < 1.29 is 4.42 Å². The Balaban J connectivity index is 1.19. The molecule has 2 heterocycles. The zero-order valence-electron chi connectivity index (χ0n) is 25.8. The lowest BCUT2D eigenvalue weighted by molar-refractivity contribution is 0.652. The normalized spacial score (nSPS) is 13.6. The first-order valence-corrected chi connectivity index (χ1v) is 16.4. The molecule has 0 bridgehead atoms. The van der Waals surface area contributed by atoms with Gasteiger partial charge in [0.1, 0.15) is 11.2 Å². The second-order valence-electron chi connectivity index (χ2n) is 12.8. The number of aromatic nitrogens is 2. The molecule has 0 atom stereocenters. The van der Waals surface area contributed by atoms with Crippen LogP contribution in [0.3, 0.4) is 0 Å². The fourth-order valence-corrected chi connectivity index (χ4v) is 8.57. The Morgan fingerprint density at radius 2 is 1.06 bits per heavy atom. The maximum atomic E-state index is 6.96. The molecule has 0 saturated carbocycles. The van der Waals surface area contributed by atoms with Gasteiger partial charge in [-0.15, -0.1) is 0 Å². The van der Waals surface area contributed by atoms with Crippen molar-refractivity contribution in [2.75, 3.05) is 0 Å². The Morgan fingerprint density at radius 3 is 1.79 bits per heavy atom. The monoisotopic (exact) mass is 610 g/mol. The van der Waals surface area contributed by atoms with E-state index < -0.39 is 5.41 Å². The van der Waals surface area contributed by atoms with Crippen LogP contribution >= 0.6 is 0 Å². The summed E-state index contributed by atoms with van der Waals surface area (Å²) in [4.78, 5) is 10.2. The molecule has 0 radical (unpaired) electrons. The zero-order chi connectivity index (χ0) is 31.4. The van der Waals surface area contributed by atoms with Gasteiger partial charge in [0, 0.05) is 32.8 Å². The van der Waals surface area contributed by atoms with E-state index in [1.807, 2.05) is 18.2 Å². The van der Waals surface area contributed by atoms with E-state index in [1.165, 1.54) is 44.5 Å². The van der Waals surface area contributed by atoms with Crippen LogP contribution in [-0.2, 0) is 5.41 Å². The Hall–Kier alpha value is -6.32. The van der Waals surface area contributed by atoms with E-state index in [0.717, 1.165) is 49.7 Å². The molecule has 2 aromatic heterocycles. The van der Waals surface area contributed by atoms with E-state index in [0.29, 0.717) is 5.82 Å². The third-order valence-corrected chi connectivity index (χ3v) is 10.5. The van der Waals surface area contributed by atoms with E-state index in [1.54, 1.807) is 0 Å². The van der Waals surface area contributed by atoms with Crippen LogP contribution in [0.25, 0.3) is 77.7 Å². The molecule has 3 nitrogen and oxygen atoms in total. The second-order valence-corrected chi connectivity index (χ2v) is 12.8. The van der Waals surface area contributed by atoms with Crippen molar-refractivity contribution in [3.05, 3.63) is 180 Å². The standard InChI is InChI=1S/C45H26N2O/c1-2-12-27(13-3-1)42-34-17-7-11-21-39(34)46-44(47-42)28-22-25-40-35(26-28)33-24-23-32-31-16-6-10-20-38(31)45(41(32)43(33)48-40)36-18-8-4-14-29(36)30-15-5-9-19-37(30)45/h1-26H. The second kappa shape index (κ2) is 9.37. The smallest absolute Gasteiger partial charge is 0.160 e. The predicted octanol–water partition coefficient (Wildman–Crippen LogP) is 11.2. The SMILES string of the molecule is c1ccc(-c2nc(-c3ccc4oc5c6c(ccc5c4c3)-c3ccccc3C63c4ccccc4-c4ccccc43)nc3ccccc23)cc1. The Morgan fingerprint density at radius 1 is 0.438 bits per heavy atom. The molecule has 48 heavy (non-hydrogen) atoms. The first kappa shape index (κ1) is 25.8. The molecule has 0 saturated heterocycles. The van der Waals surface area contributed by atoms with Gasteiger partial charge in [-0.05, 0) is 69.3 Å². The van der Waals surface area contributed by atoms with E-state index >= 15 is 0 Å². The summed E-state index contributed by atoms with van der Waals surface area (Å²) in [5.74, 6) is 0.701. The minimum Gasteiger partial charge on any atom is -0.456 e. The third kappa shape index (κ3) is 3.22. The summed E-state index contributed by atoms with van der Waals surface area (Å²) in [7, 11) is 0. The number of furan rings is 1. The van der Waals surface area contributed by atoms with Crippen molar-refractivity contribution >= 4 is 32.8 Å². The van der Waals surface area contributed by atoms with Crippen LogP contribution in [0.4, 0.5) is 0 Å². The summed E-state index contributed by atoms with van der Waals surface area (Å²) in [6.07, 6.45) is 0. The van der Waals surface area contributed by atoms with E-state index in [2.05, 4.69) is 140 Å². The number of nitrogens with zero attached hydrogens (tertiary/aromatic N) is 2. The number of para-hydroxylation sites is 1. The largest absolute Gasteiger partial charge is 0.456 e. The van der Waals surface area contributed by atoms with Crippen molar-refractivity contribution in [3.8, 4) is 44.9 Å². The molecule has 11 rings (SSSR count). The number of hydrogen-bond acceptors (Lipinski definition) is 3. The molecule has 0 unspecified atom stereocenters. The maximum Gasteiger partial charge on any atom is 0.160 e. The van der Waals surface area contributed by atoms with Gasteiger partial charge in [-0.2, -0.15) is 0 Å². The lowest BCUT2D eigenvalue weighted by atomic mass is 9.70. The van der Waals surface area contributed by atoms with Gasteiger partial charge in [0.05, 0.1) is 16.6 Å². The summed E-state index contributed by atoms with van der Waals surface area (Å²) in [5.41, 5.74) is 15.4. The Bertz CT molecular complexity index is 2730. The van der Waals surface area contributed by atoms with Crippen molar-refractivity contribution in [1.29, 1.82) is 0 Å². The van der Waals surface area contributed by atoms with Gasteiger partial charge in [0.25, 0.3) is 0 Å². The molecule has 3 heteroatoms.